The number of hydrogen-bond donors (Lipinski definition) is 0. The maximum absolute atomic E-state index is 13.8. The molecular weight excluding hydrogens is 514 g/mol. The quantitative estimate of drug-likeness (QED) is 0.247. The van der Waals surface area contributed by atoms with Crippen LogP contribution in [0.5, 0.6) is 0 Å². The first-order valence-corrected chi connectivity index (χ1v) is 15.5. The molecule has 5 rings (SSSR count). The van der Waals surface area contributed by atoms with Crippen LogP contribution in [0.2, 0.25) is 0 Å². The fourth-order valence-corrected chi connectivity index (χ4v) is 7.84. The number of thiazole rings is 1. The second kappa shape index (κ2) is 11.4. The van der Waals surface area contributed by atoms with Crippen molar-refractivity contribution in [3.8, 4) is 0 Å². The molecule has 0 bridgehead atoms. The van der Waals surface area contributed by atoms with Crippen molar-refractivity contribution in [3.05, 3.63) is 89.5 Å². The molecule has 38 heavy (non-hydrogen) atoms. The van der Waals surface area contributed by atoms with Gasteiger partial charge >= 0.3 is 0 Å². The lowest BCUT2D eigenvalue weighted by Crippen LogP contribution is -2.43. The molecule has 1 amide bonds. The number of carbonyl (C=O) groups is 1. The number of anilines is 1. The van der Waals surface area contributed by atoms with Gasteiger partial charge in [-0.2, -0.15) is 4.31 Å². The zero-order valence-electron chi connectivity index (χ0n) is 21.8. The Hall–Kier alpha value is -3.07. The molecule has 1 saturated heterocycles. The summed E-state index contributed by atoms with van der Waals surface area (Å²) >= 11 is 1.50. The highest BCUT2D eigenvalue weighted by Crippen LogP contribution is 2.32. The van der Waals surface area contributed by atoms with Crippen LogP contribution in [0.4, 0.5) is 5.13 Å². The van der Waals surface area contributed by atoms with Gasteiger partial charge in [0.15, 0.2) is 5.13 Å². The predicted octanol–water partition coefficient (Wildman–Crippen LogP) is 6.66. The standard InChI is InChI=1S/C30H33N3O3S2/c1-3-22-13-18-27-28(20-22)37-30(31-27)32(21-23-10-6-5-7-11-23)29(34)24-14-16-26(17-15-24)38(35,36)33-19-9-8-12-25(33)4-2/h5-7,10-11,13-18,20,25H,3-4,8-9,12,19,21H2,1-2H3. The summed E-state index contributed by atoms with van der Waals surface area (Å²) in [5, 5.41) is 0.623. The number of aromatic nitrogens is 1. The van der Waals surface area contributed by atoms with E-state index in [1.165, 1.54) is 16.9 Å². The summed E-state index contributed by atoms with van der Waals surface area (Å²) in [4.78, 5) is 20.6. The molecule has 1 unspecified atom stereocenters. The third-order valence-corrected chi connectivity index (χ3v) is 10.3. The Balaban J connectivity index is 1.46. The van der Waals surface area contributed by atoms with Gasteiger partial charge in [-0.15, -0.1) is 0 Å². The highest BCUT2D eigenvalue weighted by Gasteiger charge is 2.32. The lowest BCUT2D eigenvalue weighted by molar-refractivity contribution is 0.0985. The van der Waals surface area contributed by atoms with Gasteiger partial charge in [-0.25, -0.2) is 13.4 Å². The number of benzene rings is 3. The van der Waals surface area contributed by atoms with Crippen molar-refractivity contribution < 1.29 is 13.2 Å². The third kappa shape index (κ3) is 5.39. The SMILES string of the molecule is CCc1ccc2nc(N(Cc3ccccc3)C(=O)c3ccc(S(=O)(=O)N4CCCCC4CC)cc3)sc2c1. The molecule has 198 valence electrons. The fraction of sp³-hybridized carbons (Fsp3) is 0.333. The topological polar surface area (TPSA) is 70.6 Å². The van der Waals surface area contributed by atoms with E-state index < -0.39 is 10.0 Å². The average molecular weight is 548 g/mol. The van der Waals surface area contributed by atoms with E-state index in [9.17, 15) is 13.2 Å². The number of amides is 1. The van der Waals surface area contributed by atoms with E-state index in [0.29, 0.717) is 23.8 Å². The highest BCUT2D eigenvalue weighted by atomic mass is 32.2. The van der Waals surface area contributed by atoms with Gasteiger partial charge in [0.1, 0.15) is 0 Å². The first-order chi connectivity index (χ1) is 18.4. The number of piperidine rings is 1. The van der Waals surface area contributed by atoms with E-state index in [1.54, 1.807) is 33.5 Å². The van der Waals surface area contributed by atoms with Crippen molar-refractivity contribution in [2.24, 2.45) is 0 Å². The lowest BCUT2D eigenvalue weighted by atomic mass is 10.0. The van der Waals surface area contributed by atoms with Crippen LogP contribution in [-0.2, 0) is 23.0 Å². The maximum Gasteiger partial charge on any atom is 0.260 e. The largest absolute Gasteiger partial charge is 0.279 e. The van der Waals surface area contributed by atoms with Gasteiger partial charge in [0.05, 0.1) is 21.7 Å². The number of rotatable bonds is 8. The summed E-state index contributed by atoms with van der Waals surface area (Å²) in [6.07, 6.45) is 4.56. The Labute approximate surface area is 229 Å². The maximum atomic E-state index is 13.8. The van der Waals surface area contributed by atoms with Crippen molar-refractivity contribution in [2.45, 2.75) is 63.4 Å². The molecule has 3 aromatic carbocycles. The molecule has 2 heterocycles. The van der Waals surface area contributed by atoms with E-state index in [4.69, 9.17) is 4.98 Å². The molecule has 1 aliphatic rings. The van der Waals surface area contributed by atoms with E-state index >= 15 is 0 Å². The molecule has 8 heteroatoms. The van der Waals surface area contributed by atoms with Gasteiger partial charge in [0.2, 0.25) is 10.0 Å². The summed E-state index contributed by atoms with van der Waals surface area (Å²) < 4.78 is 29.5. The van der Waals surface area contributed by atoms with Crippen molar-refractivity contribution in [1.82, 2.24) is 9.29 Å². The zero-order chi connectivity index (χ0) is 26.7. The Bertz CT molecular complexity index is 1520. The average Bonchev–Trinajstić information content (AvgIpc) is 3.39. The number of fused-ring (bicyclic) bond motifs is 1. The molecule has 1 aromatic heterocycles. The lowest BCUT2D eigenvalue weighted by Gasteiger charge is -2.34. The second-order valence-corrected chi connectivity index (χ2v) is 12.6. The first-order valence-electron chi connectivity index (χ1n) is 13.3. The summed E-state index contributed by atoms with van der Waals surface area (Å²) in [7, 11) is -3.61. The van der Waals surface area contributed by atoms with Crippen molar-refractivity contribution in [3.63, 3.8) is 0 Å². The number of hydrogen-bond acceptors (Lipinski definition) is 5. The molecule has 1 atom stereocenters. The smallest absolute Gasteiger partial charge is 0.260 e. The fourth-order valence-electron chi connectivity index (χ4n) is 5.04. The van der Waals surface area contributed by atoms with Gasteiger partial charge in [0.25, 0.3) is 5.91 Å². The summed E-state index contributed by atoms with van der Waals surface area (Å²) in [6, 6.07) is 22.4. The number of aryl methyl sites for hydroxylation is 1. The number of sulfonamides is 1. The molecule has 0 radical (unpaired) electrons. The molecule has 0 N–H and O–H groups in total. The molecule has 0 aliphatic carbocycles. The molecule has 0 saturated carbocycles. The van der Waals surface area contributed by atoms with Crippen LogP contribution in [0.15, 0.2) is 77.7 Å². The minimum Gasteiger partial charge on any atom is -0.279 e. The van der Waals surface area contributed by atoms with E-state index in [1.807, 2.05) is 43.3 Å². The molecular formula is C30H33N3O3S2. The van der Waals surface area contributed by atoms with E-state index in [-0.39, 0.29) is 16.8 Å². The van der Waals surface area contributed by atoms with Crippen LogP contribution in [-0.4, -0.2) is 36.2 Å². The third-order valence-electron chi connectivity index (χ3n) is 7.26. The predicted molar refractivity (Wildman–Crippen MR) is 154 cm³/mol. The van der Waals surface area contributed by atoms with Crippen LogP contribution in [0.1, 0.15) is 61.0 Å². The second-order valence-electron chi connectivity index (χ2n) is 9.73. The van der Waals surface area contributed by atoms with E-state index in [2.05, 4.69) is 19.1 Å². The molecule has 0 spiro atoms. The van der Waals surface area contributed by atoms with Crippen molar-refractivity contribution in [2.75, 3.05) is 11.4 Å². The Morgan fingerprint density at radius 1 is 1.00 bits per heavy atom. The minimum absolute atomic E-state index is 0.0312. The monoisotopic (exact) mass is 547 g/mol. The molecule has 4 aromatic rings. The molecule has 1 fully saturated rings. The van der Waals surface area contributed by atoms with Crippen molar-refractivity contribution in [1.29, 1.82) is 0 Å². The summed E-state index contributed by atoms with van der Waals surface area (Å²) in [5.41, 5.74) is 3.51. The van der Waals surface area contributed by atoms with Gasteiger partial charge in [-0.3, -0.25) is 9.69 Å². The minimum atomic E-state index is -3.61. The number of carbonyl (C=O) groups excluding carboxylic acids is 1. The van der Waals surface area contributed by atoms with E-state index in [0.717, 1.165) is 47.9 Å². The van der Waals surface area contributed by atoms with Gasteiger partial charge in [-0.05, 0) is 73.2 Å². The first kappa shape index (κ1) is 26.5. The summed E-state index contributed by atoms with van der Waals surface area (Å²) in [6.45, 7) is 5.06. The normalized spacial score (nSPS) is 16.5. The highest BCUT2D eigenvalue weighted by molar-refractivity contribution is 7.89. The van der Waals surface area contributed by atoms with Gasteiger partial charge in [0, 0.05) is 18.2 Å². The van der Waals surface area contributed by atoms with Crippen LogP contribution in [0.3, 0.4) is 0 Å². The Morgan fingerprint density at radius 3 is 2.47 bits per heavy atom. The van der Waals surface area contributed by atoms with Gasteiger partial charge < -0.3 is 0 Å². The summed E-state index contributed by atoms with van der Waals surface area (Å²) in [5.74, 6) is -0.211. The zero-order valence-corrected chi connectivity index (χ0v) is 23.5. The van der Waals surface area contributed by atoms with Gasteiger partial charge in [-0.1, -0.05) is 68.0 Å². The molecule has 1 aliphatic heterocycles. The number of nitrogens with zero attached hydrogens (tertiary/aromatic N) is 3. The molecule has 6 nitrogen and oxygen atoms in total. The van der Waals surface area contributed by atoms with Crippen LogP contribution in [0.25, 0.3) is 10.2 Å². The van der Waals surface area contributed by atoms with Crippen LogP contribution >= 0.6 is 11.3 Å². The Morgan fingerprint density at radius 2 is 1.76 bits per heavy atom. The van der Waals surface area contributed by atoms with Crippen molar-refractivity contribution >= 4 is 42.6 Å². The van der Waals surface area contributed by atoms with Crippen LogP contribution in [0, 0.1) is 0 Å². The Kier molecular flexibility index (Phi) is 7.93. The van der Waals surface area contributed by atoms with Crippen LogP contribution < -0.4 is 4.90 Å².